The van der Waals surface area contributed by atoms with E-state index in [2.05, 4.69) is 4.74 Å². The van der Waals surface area contributed by atoms with Gasteiger partial charge >= 0.3 is 12.1 Å². The van der Waals surface area contributed by atoms with Gasteiger partial charge in [-0.25, -0.2) is 13.2 Å². The summed E-state index contributed by atoms with van der Waals surface area (Å²) < 4.78 is 82.6. The van der Waals surface area contributed by atoms with Gasteiger partial charge in [-0.1, -0.05) is 13.3 Å². The molecule has 0 radical (unpaired) electrons. The van der Waals surface area contributed by atoms with Crippen LogP contribution in [0.4, 0.5) is 26.3 Å². The highest BCUT2D eigenvalue weighted by atomic mass is 19.4. The van der Waals surface area contributed by atoms with Crippen molar-refractivity contribution in [3.8, 4) is 0 Å². The summed E-state index contributed by atoms with van der Waals surface area (Å²) in [5.74, 6) is -4.62. The zero-order chi connectivity index (χ0) is 14.4. The maximum absolute atomic E-state index is 12.8. The zero-order valence-electron chi connectivity index (χ0n) is 10.1. The van der Waals surface area contributed by atoms with Crippen molar-refractivity contribution in [1.82, 2.24) is 0 Å². The fourth-order valence-electron chi connectivity index (χ4n) is 0.983. The Bertz CT molecular complexity index is 231. The Morgan fingerprint density at radius 1 is 1.06 bits per heavy atom. The summed E-state index contributed by atoms with van der Waals surface area (Å²) in [6, 6.07) is 0. The molecular weight excluding hydrogens is 266 g/mol. The van der Waals surface area contributed by atoms with E-state index < -0.39 is 31.2 Å². The highest BCUT2D eigenvalue weighted by Crippen LogP contribution is 2.35. The maximum Gasteiger partial charge on any atom is 0.425 e. The lowest BCUT2D eigenvalue weighted by Crippen LogP contribution is -2.45. The Morgan fingerprint density at radius 2 is 1.61 bits per heavy atom. The van der Waals surface area contributed by atoms with E-state index in [1.807, 2.05) is 6.92 Å². The van der Waals surface area contributed by atoms with Gasteiger partial charge in [-0.3, -0.25) is 0 Å². The molecule has 0 aliphatic carbocycles. The van der Waals surface area contributed by atoms with Crippen LogP contribution in [0.1, 0.15) is 26.7 Å². The standard InChI is InChI=1S/C10H16F6O2/c1-3-4-5-17-7(2)18-6-9(12,13)8(11)10(14,15)16/h7-8H,3-6H2,1-2H3/t7-,8-/m1/s1. The summed E-state index contributed by atoms with van der Waals surface area (Å²) in [5.41, 5.74) is 0. The fourth-order valence-corrected chi connectivity index (χ4v) is 0.983. The summed E-state index contributed by atoms with van der Waals surface area (Å²) in [6.07, 6.45) is -9.49. The van der Waals surface area contributed by atoms with E-state index in [9.17, 15) is 26.3 Å². The van der Waals surface area contributed by atoms with Gasteiger partial charge in [-0.2, -0.15) is 13.2 Å². The Labute approximate surface area is 101 Å². The molecule has 0 spiro atoms. The molecule has 0 aliphatic heterocycles. The molecule has 0 amide bonds. The Kier molecular flexibility index (Phi) is 6.98. The average Bonchev–Trinajstić information content (AvgIpc) is 2.24. The molecule has 0 saturated carbocycles. The highest BCUT2D eigenvalue weighted by Gasteiger charge is 2.57. The third kappa shape index (κ3) is 6.44. The molecule has 0 aliphatic rings. The van der Waals surface area contributed by atoms with E-state index in [-0.39, 0.29) is 6.61 Å². The average molecular weight is 282 g/mol. The molecule has 2 nitrogen and oxygen atoms in total. The molecule has 0 aromatic heterocycles. The van der Waals surface area contributed by atoms with Crippen LogP contribution in [0.2, 0.25) is 0 Å². The van der Waals surface area contributed by atoms with Crippen molar-refractivity contribution < 1.29 is 35.8 Å². The molecule has 8 heteroatoms. The first-order valence-electron chi connectivity index (χ1n) is 5.43. The minimum absolute atomic E-state index is 0.238. The molecule has 18 heavy (non-hydrogen) atoms. The summed E-state index contributed by atoms with van der Waals surface area (Å²) in [6.45, 7) is 1.69. The number of rotatable bonds is 8. The SMILES string of the molecule is CCCCO[C@@H](C)OCC(F)(F)[C@@H](F)C(F)(F)F. The molecule has 0 unspecified atom stereocenters. The summed E-state index contributed by atoms with van der Waals surface area (Å²) in [7, 11) is 0. The number of alkyl halides is 6. The van der Waals surface area contributed by atoms with Gasteiger partial charge in [0.2, 0.25) is 0 Å². The molecule has 0 rings (SSSR count). The van der Waals surface area contributed by atoms with Crippen molar-refractivity contribution >= 4 is 0 Å². The van der Waals surface area contributed by atoms with Gasteiger partial charge in [0.1, 0.15) is 6.61 Å². The second-order valence-corrected chi connectivity index (χ2v) is 3.77. The summed E-state index contributed by atoms with van der Waals surface area (Å²) in [5, 5.41) is 0. The van der Waals surface area contributed by atoms with E-state index in [1.54, 1.807) is 0 Å². The lowest BCUT2D eigenvalue weighted by Gasteiger charge is -2.24. The molecule has 0 heterocycles. The number of hydrogen-bond acceptors (Lipinski definition) is 2. The van der Waals surface area contributed by atoms with Crippen molar-refractivity contribution in [3.63, 3.8) is 0 Å². The van der Waals surface area contributed by atoms with Crippen LogP contribution < -0.4 is 0 Å². The molecule has 0 bridgehead atoms. The van der Waals surface area contributed by atoms with Gasteiger partial charge in [-0.15, -0.1) is 0 Å². The van der Waals surface area contributed by atoms with Crippen LogP contribution in [0, 0.1) is 0 Å². The first-order valence-corrected chi connectivity index (χ1v) is 5.43. The third-order valence-corrected chi connectivity index (χ3v) is 2.02. The van der Waals surface area contributed by atoms with E-state index in [0.717, 1.165) is 6.42 Å². The van der Waals surface area contributed by atoms with Crippen molar-refractivity contribution in [2.24, 2.45) is 0 Å². The van der Waals surface area contributed by atoms with Crippen molar-refractivity contribution in [2.45, 2.75) is 51.2 Å². The van der Waals surface area contributed by atoms with Crippen LogP contribution >= 0.6 is 0 Å². The minimum atomic E-state index is -5.61. The second-order valence-electron chi connectivity index (χ2n) is 3.77. The number of unbranched alkanes of at least 4 members (excludes halogenated alkanes) is 1. The smallest absolute Gasteiger partial charge is 0.353 e. The largest absolute Gasteiger partial charge is 0.425 e. The number of hydrogen-bond donors (Lipinski definition) is 0. The predicted molar refractivity (Wildman–Crippen MR) is 52.2 cm³/mol. The molecule has 0 N–H and O–H groups in total. The van der Waals surface area contributed by atoms with Crippen molar-refractivity contribution in [2.75, 3.05) is 13.2 Å². The molecule has 0 fully saturated rings. The predicted octanol–water partition coefficient (Wildman–Crippen LogP) is 3.70. The highest BCUT2D eigenvalue weighted by molar-refractivity contribution is 4.82. The van der Waals surface area contributed by atoms with Crippen LogP contribution in [-0.2, 0) is 9.47 Å². The zero-order valence-corrected chi connectivity index (χ0v) is 10.1. The van der Waals surface area contributed by atoms with Crippen LogP contribution in [0.5, 0.6) is 0 Å². The Balaban J connectivity index is 4.10. The van der Waals surface area contributed by atoms with E-state index >= 15 is 0 Å². The van der Waals surface area contributed by atoms with Crippen LogP contribution in [0.15, 0.2) is 0 Å². The topological polar surface area (TPSA) is 18.5 Å². The molecule has 2 atom stereocenters. The second kappa shape index (κ2) is 7.18. The van der Waals surface area contributed by atoms with Gasteiger partial charge in [0.15, 0.2) is 6.29 Å². The lowest BCUT2D eigenvalue weighted by atomic mass is 10.2. The van der Waals surface area contributed by atoms with E-state index in [4.69, 9.17) is 4.74 Å². The van der Waals surface area contributed by atoms with Crippen LogP contribution in [0.3, 0.4) is 0 Å². The molecule has 0 aromatic rings. The quantitative estimate of drug-likeness (QED) is 0.384. The Hall–Kier alpha value is -0.500. The molecule has 0 aromatic carbocycles. The van der Waals surface area contributed by atoms with Crippen molar-refractivity contribution in [3.05, 3.63) is 0 Å². The van der Waals surface area contributed by atoms with Crippen LogP contribution in [0.25, 0.3) is 0 Å². The third-order valence-electron chi connectivity index (χ3n) is 2.02. The van der Waals surface area contributed by atoms with E-state index in [0.29, 0.717) is 6.42 Å². The van der Waals surface area contributed by atoms with Crippen LogP contribution in [-0.4, -0.2) is 37.8 Å². The molecule has 110 valence electrons. The monoisotopic (exact) mass is 282 g/mol. The van der Waals surface area contributed by atoms with Gasteiger partial charge in [0.25, 0.3) is 6.17 Å². The van der Waals surface area contributed by atoms with Gasteiger partial charge in [-0.05, 0) is 13.3 Å². The lowest BCUT2D eigenvalue weighted by molar-refractivity contribution is -0.268. The fraction of sp³-hybridized carbons (Fsp3) is 1.00. The summed E-state index contributed by atoms with van der Waals surface area (Å²) in [4.78, 5) is 0. The van der Waals surface area contributed by atoms with E-state index in [1.165, 1.54) is 6.92 Å². The molecular formula is C10H16F6O2. The molecule has 0 saturated heterocycles. The number of halogens is 6. The van der Waals surface area contributed by atoms with Gasteiger partial charge < -0.3 is 9.47 Å². The van der Waals surface area contributed by atoms with Crippen molar-refractivity contribution in [1.29, 1.82) is 0 Å². The summed E-state index contributed by atoms with van der Waals surface area (Å²) >= 11 is 0. The van der Waals surface area contributed by atoms with Gasteiger partial charge in [0.05, 0.1) is 0 Å². The first-order chi connectivity index (χ1) is 8.11. The first kappa shape index (κ1) is 17.5. The maximum atomic E-state index is 12.8. The number of ether oxygens (including phenoxy) is 2. The minimum Gasteiger partial charge on any atom is -0.353 e. The van der Waals surface area contributed by atoms with Gasteiger partial charge in [0, 0.05) is 6.61 Å². The Morgan fingerprint density at radius 3 is 2.06 bits per heavy atom. The normalized spacial score (nSPS) is 16.7.